The van der Waals surface area contributed by atoms with Gasteiger partial charge in [0.2, 0.25) is 0 Å². The van der Waals surface area contributed by atoms with Crippen molar-refractivity contribution in [2.24, 2.45) is 0 Å². The van der Waals surface area contributed by atoms with Gasteiger partial charge in [-0.2, -0.15) is 0 Å². The minimum absolute atomic E-state index is 0.216. The van der Waals surface area contributed by atoms with Crippen LogP contribution in [0.25, 0.3) is 0 Å². The lowest BCUT2D eigenvalue weighted by atomic mass is 10.3. The largest absolute Gasteiger partial charge is 0.494 e. The lowest BCUT2D eigenvalue weighted by Crippen LogP contribution is -2.19. The second-order valence-electron chi connectivity index (χ2n) is 4.39. The van der Waals surface area contributed by atoms with Crippen LogP contribution in [-0.4, -0.2) is 15.5 Å². The molecule has 0 aliphatic rings. The molecule has 0 heterocycles. The molecule has 130 valence electrons. The van der Waals surface area contributed by atoms with Crippen molar-refractivity contribution in [2.45, 2.75) is 9.79 Å². The van der Waals surface area contributed by atoms with Crippen LogP contribution in [0.4, 0.5) is 27.6 Å². The number of ether oxygens (including phenoxy) is 1. The second kappa shape index (κ2) is 6.48. The SMILES string of the molecule is COc1ccc(NS(=O)(=O)c2c(F)c(F)c(S)c(F)c2F)cc1F. The van der Waals surface area contributed by atoms with Gasteiger partial charge in [-0.25, -0.2) is 30.4 Å². The first-order valence-electron chi connectivity index (χ1n) is 6.01. The number of anilines is 1. The van der Waals surface area contributed by atoms with Gasteiger partial charge in [-0.05, 0) is 12.1 Å². The van der Waals surface area contributed by atoms with Crippen molar-refractivity contribution in [2.75, 3.05) is 11.8 Å². The van der Waals surface area contributed by atoms with E-state index >= 15 is 0 Å². The Morgan fingerprint density at radius 1 is 1.00 bits per heavy atom. The second-order valence-corrected chi connectivity index (χ2v) is 6.45. The van der Waals surface area contributed by atoms with Crippen LogP contribution in [0.3, 0.4) is 0 Å². The van der Waals surface area contributed by atoms with Crippen LogP contribution in [0.1, 0.15) is 0 Å². The molecule has 0 fully saturated rings. The first-order valence-corrected chi connectivity index (χ1v) is 7.94. The van der Waals surface area contributed by atoms with Crippen molar-refractivity contribution in [3.63, 3.8) is 0 Å². The van der Waals surface area contributed by atoms with Gasteiger partial charge in [-0.3, -0.25) is 4.72 Å². The normalized spacial score (nSPS) is 11.5. The lowest BCUT2D eigenvalue weighted by Gasteiger charge is -2.12. The molecule has 0 aliphatic carbocycles. The third kappa shape index (κ3) is 3.13. The van der Waals surface area contributed by atoms with Gasteiger partial charge in [-0.15, -0.1) is 12.6 Å². The zero-order valence-electron chi connectivity index (χ0n) is 11.7. The summed E-state index contributed by atoms with van der Waals surface area (Å²) in [6.07, 6.45) is 0. The van der Waals surface area contributed by atoms with E-state index in [2.05, 4.69) is 17.4 Å². The zero-order chi connectivity index (χ0) is 18.2. The maximum atomic E-state index is 13.8. The summed E-state index contributed by atoms with van der Waals surface area (Å²) in [6, 6.07) is 2.72. The van der Waals surface area contributed by atoms with Gasteiger partial charge in [0.05, 0.1) is 17.7 Å². The summed E-state index contributed by atoms with van der Waals surface area (Å²) in [5, 5.41) is 0. The zero-order valence-corrected chi connectivity index (χ0v) is 13.4. The molecule has 2 aromatic rings. The topological polar surface area (TPSA) is 55.4 Å². The Balaban J connectivity index is 2.55. The molecule has 0 aliphatic heterocycles. The molecule has 0 atom stereocenters. The summed E-state index contributed by atoms with van der Waals surface area (Å²) in [5.74, 6) is -9.44. The Bertz CT molecular complexity index is 889. The van der Waals surface area contributed by atoms with Crippen LogP contribution in [0.15, 0.2) is 28.0 Å². The smallest absolute Gasteiger partial charge is 0.267 e. The Morgan fingerprint density at radius 2 is 1.54 bits per heavy atom. The first kappa shape index (κ1) is 18.3. The Hall–Kier alpha value is -2.01. The highest BCUT2D eigenvalue weighted by Crippen LogP contribution is 2.31. The fraction of sp³-hybridized carbons (Fsp3) is 0.0769. The number of hydrogen-bond acceptors (Lipinski definition) is 4. The van der Waals surface area contributed by atoms with Gasteiger partial charge in [-0.1, -0.05) is 0 Å². The van der Waals surface area contributed by atoms with Gasteiger partial charge in [0, 0.05) is 6.07 Å². The summed E-state index contributed by atoms with van der Waals surface area (Å²) in [6.45, 7) is 0. The minimum atomic E-state index is -5.09. The molecule has 0 aromatic heterocycles. The summed E-state index contributed by atoms with van der Waals surface area (Å²) in [5.41, 5.74) is -0.442. The average molecular weight is 385 g/mol. The molecule has 2 aromatic carbocycles. The highest BCUT2D eigenvalue weighted by atomic mass is 32.2. The van der Waals surface area contributed by atoms with Crippen molar-refractivity contribution in [1.29, 1.82) is 0 Å². The molecule has 2 rings (SSSR count). The van der Waals surface area contributed by atoms with Crippen molar-refractivity contribution in [1.82, 2.24) is 0 Å². The van der Waals surface area contributed by atoms with Gasteiger partial charge >= 0.3 is 0 Å². The van der Waals surface area contributed by atoms with Crippen LogP contribution in [0.5, 0.6) is 5.75 Å². The number of hydrogen-bond donors (Lipinski definition) is 2. The van der Waals surface area contributed by atoms with E-state index < -0.39 is 54.6 Å². The summed E-state index contributed by atoms with van der Waals surface area (Å²) in [4.78, 5) is -3.19. The van der Waals surface area contributed by atoms with Crippen LogP contribution < -0.4 is 9.46 Å². The predicted octanol–water partition coefficient (Wildman–Crippen LogP) is 3.48. The molecule has 0 bridgehead atoms. The molecule has 0 amide bonds. The van der Waals surface area contributed by atoms with E-state index in [0.717, 1.165) is 19.2 Å². The van der Waals surface area contributed by atoms with E-state index in [1.54, 1.807) is 4.72 Å². The van der Waals surface area contributed by atoms with Crippen LogP contribution in [0, 0.1) is 29.1 Å². The molecule has 0 spiro atoms. The Labute approximate surface area is 138 Å². The summed E-state index contributed by atoms with van der Waals surface area (Å²) < 4.78 is 98.2. The highest BCUT2D eigenvalue weighted by Gasteiger charge is 2.32. The van der Waals surface area contributed by atoms with Gasteiger partial charge in [0.25, 0.3) is 10.0 Å². The molecule has 0 saturated heterocycles. The van der Waals surface area contributed by atoms with E-state index in [4.69, 9.17) is 0 Å². The molecule has 0 radical (unpaired) electrons. The summed E-state index contributed by atoms with van der Waals surface area (Å²) >= 11 is 3.22. The molecule has 1 N–H and O–H groups in total. The summed E-state index contributed by atoms with van der Waals surface area (Å²) in [7, 11) is -3.93. The molecule has 11 heteroatoms. The van der Waals surface area contributed by atoms with Gasteiger partial charge in [0.1, 0.15) is 0 Å². The maximum Gasteiger partial charge on any atom is 0.267 e. The fourth-order valence-corrected chi connectivity index (χ4v) is 3.16. The van der Waals surface area contributed by atoms with Crippen molar-refractivity contribution in [3.05, 3.63) is 47.3 Å². The lowest BCUT2D eigenvalue weighted by molar-refractivity contribution is 0.386. The number of methoxy groups -OCH3 is 1. The number of sulfonamides is 1. The van der Waals surface area contributed by atoms with Crippen molar-refractivity contribution in [3.8, 4) is 5.75 Å². The molecule has 0 unspecified atom stereocenters. The van der Waals surface area contributed by atoms with Crippen LogP contribution in [-0.2, 0) is 10.0 Å². The van der Waals surface area contributed by atoms with E-state index in [-0.39, 0.29) is 5.75 Å². The minimum Gasteiger partial charge on any atom is -0.494 e. The molecule has 24 heavy (non-hydrogen) atoms. The molecular weight excluding hydrogens is 377 g/mol. The van der Waals surface area contributed by atoms with Crippen LogP contribution in [0.2, 0.25) is 0 Å². The fourth-order valence-electron chi connectivity index (χ4n) is 1.77. The number of benzene rings is 2. The monoisotopic (exact) mass is 385 g/mol. The molecular formula is C13H8F5NO3S2. The van der Waals surface area contributed by atoms with E-state index in [1.807, 2.05) is 0 Å². The van der Waals surface area contributed by atoms with Crippen molar-refractivity contribution < 1.29 is 35.1 Å². The van der Waals surface area contributed by atoms with Gasteiger partial charge in [0.15, 0.2) is 39.7 Å². The molecule has 0 saturated carbocycles. The maximum absolute atomic E-state index is 13.8. The predicted molar refractivity (Wildman–Crippen MR) is 77.3 cm³/mol. The third-order valence-corrected chi connectivity index (χ3v) is 4.67. The van der Waals surface area contributed by atoms with Crippen molar-refractivity contribution >= 4 is 28.3 Å². The van der Waals surface area contributed by atoms with E-state index in [0.29, 0.717) is 6.07 Å². The number of rotatable bonds is 4. The third-order valence-electron chi connectivity index (χ3n) is 2.87. The van der Waals surface area contributed by atoms with E-state index in [1.165, 1.54) is 0 Å². The first-order chi connectivity index (χ1) is 11.1. The average Bonchev–Trinajstić information content (AvgIpc) is 2.50. The molecule has 4 nitrogen and oxygen atoms in total. The Morgan fingerprint density at radius 3 is 2.00 bits per heavy atom. The standard InChI is InChI=1S/C13H8F5NO3S2/c1-22-7-3-2-5(4-6(7)14)19-24(20,21)13-10(17)8(15)12(23)9(16)11(13)18/h2-4,19,23H,1H3. The Kier molecular flexibility index (Phi) is 4.95. The number of thiol groups is 1. The number of nitrogens with one attached hydrogen (secondary N) is 1. The quantitative estimate of drug-likeness (QED) is 0.481. The number of halogens is 5. The van der Waals surface area contributed by atoms with Gasteiger partial charge < -0.3 is 4.74 Å². The highest BCUT2D eigenvalue weighted by molar-refractivity contribution is 7.92. The van der Waals surface area contributed by atoms with Crippen LogP contribution >= 0.6 is 12.6 Å². The van der Waals surface area contributed by atoms with E-state index in [9.17, 15) is 30.4 Å².